The van der Waals surface area contributed by atoms with E-state index in [0.717, 1.165) is 43.6 Å². The summed E-state index contributed by atoms with van der Waals surface area (Å²) in [6.45, 7) is 5.93. The monoisotopic (exact) mass is 383 g/mol. The van der Waals surface area contributed by atoms with E-state index in [2.05, 4.69) is 28.6 Å². The van der Waals surface area contributed by atoms with Gasteiger partial charge < -0.3 is 24.8 Å². The van der Waals surface area contributed by atoms with Crippen molar-refractivity contribution in [2.75, 3.05) is 59.9 Å². The first-order valence-corrected chi connectivity index (χ1v) is 9.96. The van der Waals surface area contributed by atoms with Gasteiger partial charge in [0, 0.05) is 44.5 Å². The van der Waals surface area contributed by atoms with Gasteiger partial charge in [-0.05, 0) is 24.5 Å². The van der Waals surface area contributed by atoms with Crippen LogP contribution in [0.1, 0.15) is 13.3 Å². The number of guanidine groups is 1. The molecule has 148 valence electrons. The number of hydrogen-bond acceptors (Lipinski definition) is 5. The molecular formula is C19H33N3O3S. The molecule has 7 heteroatoms. The van der Waals surface area contributed by atoms with Crippen LogP contribution in [0.3, 0.4) is 0 Å². The summed E-state index contributed by atoms with van der Waals surface area (Å²) in [5.74, 6) is 3.28. The average Bonchev–Trinajstić information content (AvgIpc) is 2.68. The summed E-state index contributed by atoms with van der Waals surface area (Å²) in [5.41, 5.74) is 0. The normalized spacial score (nSPS) is 12.7. The van der Waals surface area contributed by atoms with E-state index in [1.165, 1.54) is 4.90 Å². The fourth-order valence-electron chi connectivity index (χ4n) is 2.15. The van der Waals surface area contributed by atoms with Crippen LogP contribution in [-0.2, 0) is 9.47 Å². The zero-order chi connectivity index (χ0) is 19.0. The van der Waals surface area contributed by atoms with Crippen molar-refractivity contribution in [1.82, 2.24) is 10.6 Å². The number of aliphatic imine (C=N–C) groups is 1. The highest BCUT2D eigenvalue weighted by Crippen LogP contribution is 2.29. The van der Waals surface area contributed by atoms with E-state index in [1.807, 2.05) is 30.0 Å². The van der Waals surface area contributed by atoms with Crippen molar-refractivity contribution in [3.05, 3.63) is 24.3 Å². The number of ether oxygens (including phenoxy) is 3. The average molecular weight is 384 g/mol. The van der Waals surface area contributed by atoms with E-state index in [1.54, 1.807) is 21.3 Å². The van der Waals surface area contributed by atoms with E-state index in [9.17, 15) is 0 Å². The van der Waals surface area contributed by atoms with Gasteiger partial charge >= 0.3 is 0 Å². The number of nitrogens with one attached hydrogen (secondary N) is 2. The third-order valence-corrected chi connectivity index (χ3v) is 5.01. The minimum absolute atomic E-state index is 0.501. The molecule has 1 aromatic carbocycles. The van der Waals surface area contributed by atoms with Crippen molar-refractivity contribution in [2.45, 2.75) is 18.2 Å². The minimum Gasteiger partial charge on any atom is -0.496 e. The second kappa shape index (κ2) is 14.7. The Morgan fingerprint density at radius 2 is 1.96 bits per heavy atom. The Morgan fingerprint density at radius 1 is 1.15 bits per heavy atom. The summed E-state index contributed by atoms with van der Waals surface area (Å²) < 4.78 is 15.8. The molecule has 26 heavy (non-hydrogen) atoms. The van der Waals surface area contributed by atoms with Gasteiger partial charge in [-0.15, -0.1) is 11.8 Å². The molecule has 0 heterocycles. The van der Waals surface area contributed by atoms with Crippen molar-refractivity contribution in [2.24, 2.45) is 10.9 Å². The summed E-state index contributed by atoms with van der Waals surface area (Å²) >= 11 is 1.82. The largest absolute Gasteiger partial charge is 0.496 e. The van der Waals surface area contributed by atoms with E-state index in [-0.39, 0.29) is 0 Å². The maximum atomic E-state index is 5.44. The molecule has 0 aliphatic rings. The number of rotatable bonds is 13. The lowest BCUT2D eigenvalue weighted by Gasteiger charge is -2.16. The number of nitrogens with zero attached hydrogens (tertiary/aromatic N) is 1. The van der Waals surface area contributed by atoms with Crippen molar-refractivity contribution >= 4 is 17.7 Å². The lowest BCUT2D eigenvalue weighted by molar-refractivity contribution is 0.0698. The first kappa shape index (κ1) is 22.6. The fraction of sp³-hybridized carbons (Fsp3) is 0.632. The smallest absolute Gasteiger partial charge is 0.190 e. The van der Waals surface area contributed by atoms with Crippen LogP contribution in [0.25, 0.3) is 0 Å². The van der Waals surface area contributed by atoms with Crippen molar-refractivity contribution in [1.29, 1.82) is 0 Å². The van der Waals surface area contributed by atoms with Crippen LogP contribution in [0.15, 0.2) is 34.2 Å². The molecule has 0 bridgehead atoms. The van der Waals surface area contributed by atoms with Gasteiger partial charge in [-0.2, -0.15) is 0 Å². The molecule has 1 unspecified atom stereocenters. The highest BCUT2D eigenvalue weighted by atomic mass is 32.2. The molecule has 0 spiro atoms. The Labute approximate surface area is 162 Å². The van der Waals surface area contributed by atoms with Crippen LogP contribution in [0.4, 0.5) is 0 Å². The SMILES string of the molecule is CN=C(NCCCOCCOC)NCC(C)CSc1ccccc1OC. The Balaban J connectivity index is 2.18. The quantitative estimate of drug-likeness (QED) is 0.236. The third kappa shape index (κ3) is 9.89. The predicted molar refractivity (Wildman–Crippen MR) is 110 cm³/mol. The fourth-order valence-corrected chi connectivity index (χ4v) is 3.20. The number of thioether (sulfide) groups is 1. The van der Waals surface area contributed by atoms with E-state index < -0.39 is 0 Å². The molecule has 0 saturated carbocycles. The zero-order valence-electron chi connectivity index (χ0n) is 16.4. The summed E-state index contributed by atoms with van der Waals surface area (Å²) in [5, 5.41) is 6.69. The molecule has 0 aliphatic carbocycles. The number of benzene rings is 1. The molecule has 0 radical (unpaired) electrons. The topological polar surface area (TPSA) is 64.1 Å². The van der Waals surface area contributed by atoms with Crippen LogP contribution < -0.4 is 15.4 Å². The highest BCUT2D eigenvalue weighted by Gasteiger charge is 2.08. The second-order valence-corrected chi connectivity index (χ2v) is 6.97. The summed E-state index contributed by atoms with van der Waals surface area (Å²) in [6, 6.07) is 8.12. The first-order valence-electron chi connectivity index (χ1n) is 8.98. The Kier molecular flexibility index (Phi) is 12.8. The third-order valence-electron chi connectivity index (χ3n) is 3.62. The van der Waals surface area contributed by atoms with Crippen LogP contribution in [0.5, 0.6) is 5.75 Å². The summed E-state index contributed by atoms with van der Waals surface area (Å²) in [4.78, 5) is 5.44. The van der Waals surface area contributed by atoms with E-state index in [4.69, 9.17) is 14.2 Å². The first-order chi connectivity index (χ1) is 12.7. The molecule has 1 rings (SSSR count). The molecular weight excluding hydrogens is 350 g/mol. The van der Waals surface area contributed by atoms with Crippen LogP contribution >= 0.6 is 11.8 Å². The van der Waals surface area contributed by atoms with Crippen LogP contribution in [0, 0.1) is 5.92 Å². The van der Waals surface area contributed by atoms with Crippen molar-refractivity contribution < 1.29 is 14.2 Å². The molecule has 2 N–H and O–H groups in total. The van der Waals surface area contributed by atoms with Crippen LogP contribution in [-0.4, -0.2) is 65.9 Å². The summed E-state index contributed by atoms with van der Waals surface area (Å²) in [7, 11) is 5.18. The second-order valence-electron chi connectivity index (χ2n) is 5.91. The van der Waals surface area contributed by atoms with Crippen LogP contribution in [0.2, 0.25) is 0 Å². The van der Waals surface area contributed by atoms with E-state index in [0.29, 0.717) is 19.1 Å². The highest BCUT2D eigenvalue weighted by molar-refractivity contribution is 7.99. The molecule has 1 atom stereocenters. The van der Waals surface area contributed by atoms with Crippen molar-refractivity contribution in [3.63, 3.8) is 0 Å². The van der Waals surface area contributed by atoms with Gasteiger partial charge in [-0.3, -0.25) is 4.99 Å². The zero-order valence-corrected chi connectivity index (χ0v) is 17.2. The molecule has 0 saturated heterocycles. The number of methoxy groups -OCH3 is 2. The minimum atomic E-state index is 0.501. The number of hydrogen-bond donors (Lipinski definition) is 2. The molecule has 0 aromatic heterocycles. The Hall–Kier alpha value is -1.44. The van der Waals surface area contributed by atoms with Crippen molar-refractivity contribution in [3.8, 4) is 5.75 Å². The van der Waals surface area contributed by atoms with E-state index >= 15 is 0 Å². The molecule has 0 aliphatic heterocycles. The van der Waals surface area contributed by atoms with Gasteiger partial charge in [0.25, 0.3) is 0 Å². The predicted octanol–water partition coefficient (Wildman–Crippen LogP) is 2.64. The Bertz CT molecular complexity index is 515. The Morgan fingerprint density at radius 3 is 2.69 bits per heavy atom. The van der Waals surface area contributed by atoms with Gasteiger partial charge in [0.2, 0.25) is 0 Å². The standard InChI is InChI=1S/C19H33N3O3S/c1-16(15-26-18-9-6-5-8-17(18)24-4)14-22-19(20-2)21-10-7-11-25-13-12-23-3/h5-6,8-9,16H,7,10-15H2,1-4H3,(H2,20,21,22). The van der Waals surface area contributed by atoms with Gasteiger partial charge in [-0.25, -0.2) is 0 Å². The maximum absolute atomic E-state index is 5.44. The molecule has 0 fully saturated rings. The molecule has 6 nitrogen and oxygen atoms in total. The van der Waals surface area contributed by atoms with Gasteiger partial charge in [0.1, 0.15) is 5.75 Å². The molecule has 0 amide bonds. The lowest BCUT2D eigenvalue weighted by atomic mass is 10.2. The van der Waals surface area contributed by atoms with Gasteiger partial charge in [-0.1, -0.05) is 19.1 Å². The van der Waals surface area contributed by atoms with Gasteiger partial charge in [0.15, 0.2) is 5.96 Å². The van der Waals surface area contributed by atoms with Gasteiger partial charge in [0.05, 0.1) is 20.3 Å². The lowest BCUT2D eigenvalue weighted by Crippen LogP contribution is -2.40. The molecule has 1 aromatic rings. The maximum Gasteiger partial charge on any atom is 0.190 e. The summed E-state index contributed by atoms with van der Waals surface area (Å²) in [6.07, 6.45) is 0.934. The number of para-hydroxylation sites is 1.